The van der Waals surface area contributed by atoms with Gasteiger partial charge in [-0.3, -0.25) is 9.69 Å². The van der Waals surface area contributed by atoms with Crippen LogP contribution in [0.3, 0.4) is 0 Å². The van der Waals surface area contributed by atoms with E-state index in [1.54, 1.807) is 14.1 Å². The van der Waals surface area contributed by atoms with E-state index in [1.165, 1.54) is 4.90 Å². The summed E-state index contributed by atoms with van der Waals surface area (Å²) in [6, 6.07) is 8.30. The fourth-order valence-corrected chi connectivity index (χ4v) is 3.45. The molecule has 2 aliphatic rings. The second-order valence-corrected chi connectivity index (χ2v) is 6.94. The molecule has 1 N–H and O–H groups in total. The summed E-state index contributed by atoms with van der Waals surface area (Å²) in [5.41, 5.74) is 1.06. The van der Waals surface area contributed by atoms with Crippen molar-refractivity contribution in [2.75, 3.05) is 40.8 Å². The maximum atomic E-state index is 11.8. The highest BCUT2D eigenvalue weighted by atomic mass is 16.5. The monoisotopic (exact) mass is 346 g/mol. The van der Waals surface area contributed by atoms with Gasteiger partial charge in [-0.05, 0) is 12.5 Å². The molecular formula is C18H26N4O3. The molecule has 2 aliphatic heterocycles. The van der Waals surface area contributed by atoms with E-state index >= 15 is 0 Å². The third-order valence-corrected chi connectivity index (χ3v) is 5.00. The average Bonchev–Trinajstić information content (AvgIpc) is 2.87. The second kappa shape index (κ2) is 7.31. The predicted octanol–water partition coefficient (Wildman–Crippen LogP) is 0.752. The summed E-state index contributed by atoms with van der Waals surface area (Å²) in [7, 11) is 5.30. The van der Waals surface area contributed by atoms with Crippen LogP contribution < -0.4 is 10.1 Å². The van der Waals surface area contributed by atoms with Crippen molar-refractivity contribution in [2.45, 2.75) is 25.0 Å². The SMILES string of the molecule is CN(C)C(=O)COc1ccccc1CN1CC[C@H]2[C@@H](C1)NC(=O)N2C. The zero-order chi connectivity index (χ0) is 18.0. The summed E-state index contributed by atoms with van der Waals surface area (Å²) >= 11 is 0. The molecule has 25 heavy (non-hydrogen) atoms. The summed E-state index contributed by atoms with van der Waals surface area (Å²) < 4.78 is 5.73. The van der Waals surface area contributed by atoms with Gasteiger partial charge in [-0.25, -0.2) is 4.79 Å². The topological polar surface area (TPSA) is 65.1 Å². The van der Waals surface area contributed by atoms with Crippen LogP contribution in [0.5, 0.6) is 5.75 Å². The molecule has 3 amide bonds. The van der Waals surface area contributed by atoms with E-state index in [9.17, 15) is 9.59 Å². The van der Waals surface area contributed by atoms with Crippen molar-refractivity contribution in [3.05, 3.63) is 29.8 Å². The van der Waals surface area contributed by atoms with Crippen molar-refractivity contribution in [3.63, 3.8) is 0 Å². The van der Waals surface area contributed by atoms with E-state index in [4.69, 9.17) is 4.74 Å². The van der Waals surface area contributed by atoms with Gasteiger partial charge >= 0.3 is 6.03 Å². The predicted molar refractivity (Wildman–Crippen MR) is 94.4 cm³/mol. The number of likely N-dealkylation sites (tertiary alicyclic amines) is 1. The molecule has 136 valence electrons. The Kier molecular flexibility index (Phi) is 5.13. The Morgan fingerprint density at radius 2 is 2.12 bits per heavy atom. The number of hydrogen-bond donors (Lipinski definition) is 1. The van der Waals surface area contributed by atoms with Gasteiger partial charge in [-0.1, -0.05) is 18.2 Å². The molecule has 7 heteroatoms. The van der Waals surface area contributed by atoms with Crippen LogP contribution in [0.4, 0.5) is 4.79 Å². The molecule has 2 saturated heterocycles. The fourth-order valence-electron chi connectivity index (χ4n) is 3.45. The Hall–Kier alpha value is -2.28. The second-order valence-electron chi connectivity index (χ2n) is 6.94. The summed E-state index contributed by atoms with van der Waals surface area (Å²) in [6.45, 7) is 2.54. The van der Waals surface area contributed by atoms with Crippen LogP contribution in [-0.2, 0) is 11.3 Å². The first-order valence-electron chi connectivity index (χ1n) is 8.62. The molecule has 0 radical (unpaired) electrons. The molecule has 0 aliphatic carbocycles. The summed E-state index contributed by atoms with van der Waals surface area (Å²) in [5, 5.41) is 3.05. The minimum Gasteiger partial charge on any atom is -0.483 e. The number of rotatable bonds is 5. The number of nitrogens with one attached hydrogen (secondary N) is 1. The first-order chi connectivity index (χ1) is 12.0. The Balaban J connectivity index is 1.62. The molecule has 2 heterocycles. The maximum Gasteiger partial charge on any atom is 0.317 e. The highest BCUT2D eigenvalue weighted by Crippen LogP contribution is 2.25. The molecule has 7 nitrogen and oxygen atoms in total. The lowest BCUT2D eigenvalue weighted by Crippen LogP contribution is -2.50. The molecule has 0 spiro atoms. The van der Waals surface area contributed by atoms with E-state index in [2.05, 4.69) is 10.2 Å². The standard InChI is InChI=1S/C18H26N4O3/c1-20(2)17(23)12-25-16-7-5-4-6-13(16)10-22-9-8-15-14(11-22)19-18(24)21(15)3/h4-7,14-15H,8-12H2,1-3H3,(H,19,24)/t14-,15+/m1/s1. The quantitative estimate of drug-likeness (QED) is 0.855. The fraction of sp³-hybridized carbons (Fsp3) is 0.556. The van der Waals surface area contributed by atoms with Gasteiger partial charge in [-0.15, -0.1) is 0 Å². The van der Waals surface area contributed by atoms with Crippen LogP contribution in [-0.4, -0.2) is 79.6 Å². The van der Waals surface area contributed by atoms with Crippen molar-refractivity contribution in [3.8, 4) is 5.75 Å². The Labute approximate surface area is 148 Å². The Morgan fingerprint density at radius 3 is 2.88 bits per heavy atom. The first kappa shape index (κ1) is 17.5. The van der Waals surface area contributed by atoms with Crippen molar-refractivity contribution in [1.29, 1.82) is 0 Å². The number of urea groups is 1. The van der Waals surface area contributed by atoms with Gasteiger partial charge in [0.2, 0.25) is 0 Å². The minimum atomic E-state index is -0.0627. The van der Waals surface area contributed by atoms with E-state index in [0.29, 0.717) is 0 Å². The number of likely N-dealkylation sites (N-methyl/N-ethyl adjacent to an activating group) is 2. The van der Waals surface area contributed by atoms with Crippen molar-refractivity contribution in [1.82, 2.24) is 20.0 Å². The molecule has 0 aromatic heterocycles. The van der Waals surface area contributed by atoms with Gasteiger partial charge in [0.05, 0.1) is 12.1 Å². The number of carbonyl (C=O) groups excluding carboxylic acids is 2. The molecule has 3 rings (SSSR count). The van der Waals surface area contributed by atoms with Crippen LogP contribution in [0.2, 0.25) is 0 Å². The number of hydrogen-bond acceptors (Lipinski definition) is 4. The Morgan fingerprint density at radius 1 is 1.36 bits per heavy atom. The van der Waals surface area contributed by atoms with Crippen molar-refractivity contribution < 1.29 is 14.3 Å². The molecular weight excluding hydrogens is 320 g/mol. The van der Waals surface area contributed by atoms with Crippen LogP contribution >= 0.6 is 0 Å². The highest BCUT2D eigenvalue weighted by Gasteiger charge is 2.40. The summed E-state index contributed by atoms with van der Waals surface area (Å²) in [4.78, 5) is 29.2. The van der Waals surface area contributed by atoms with Crippen LogP contribution in [0.25, 0.3) is 0 Å². The van der Waals surface area contributed by atoms with Crippen LogP contribution in [0.15, 0.2) is 24.3 Å². The van der Waals surface area contributed by atoms with E-state index in [1.807, 2.05) is 36.2 Å². The number of fused-ring (bicyclic) bond motifs is 1. The molecule has 2 atom stereocenters. The van der Waals surface area contributed by atoms with Gasteiger partial charge in [0.25, 0.3) is 5.91 Å². The molecule has 0 unspecified atom stereocenters. The van der Waals surface area contributed by atoms with Crippen molar-refractivity contribution in [2.24, 2.45) is 0 Å². The maximum absolute atomic E-state index is 11.8. The first-order valence-corrected chi connectivity index (χ1v) is 8.62. The van der Waals surface area contributed by atoms with Gasteiger partial charge in [0.1, 0.15) is 5.75 Å². The molecule has 1 aromatic rings. The van der Waals surface area contributed by atoms with Crippen LogP contribution in [0.1, 0.15) is 12.0 Å². The minimum absolute atomic E-state index is 0.0165. The van der Waals surface area contributed by atoms with E-state index in [-0.39, 0.29) is 30.6 Å². The largest absolute Gasteiger partial charge is 0.483 e. The number of piperidine rings is 1. The number of para-hydroxylation sites is 1. The summed E-state index contributed by atoms with van der Waals surface area (Å²) in [5.74, 6) is 0.680. The lowest BCUT2D eigenvalue weighted by atomic mass is 9.99. The average molecular weight is 346 g/mol. The molecule has 2 fully saturated rings. The zero-order valence-electron chi connectivity index (χ0n) is 15.1. The highest BCUT2D eigenvalue weighted by molar-refractivity contribution is 5.77. The van der Waals surface area contributed by atoms with Gasteiger partial charge in [0.15, 0.2) is 6.61 Å². The van der Waals surface area contributed by atoms with Crippen molar-refractivity contribution >= 4 is 11.9 Å². The van der Waals surface area contributed by atoms with Gasteiger partial charge in [-0.2, -0.15) is 0 Å². The van der Waals surface area contributed by atoms with Gasteiger partial charge < -0.3 is 19.9 Å². The number of benzene rings is 1. The normalized spacial score (nSPS) is 23.2. The number of carbonyl (C=O) groups is 2. The number of nitrogens with zero attached hydrogens (tertiary/aromatic N) is 3. The van der Waals surface area contributed by atoms with Crippen LogP contribution in [0, 0.1) is 0 Å². The number of amides is 3. The molecule has 0 bridgehead atoms. The zero-order valence-corrected chi connectivity index (χ0v) is 15.1. The smallest absolute Gasteiger partial charge is 0.317 e. The van der Waals surface area contributed by atoms with E-state index < -0.39 is 0 Å². The third kappa shape index (κ3) is 3.87. The third-order valence-electron chi connectivity index (χ3n) is 5.00. The van der Waals surface area contributed by atoms with Gasteiger partial charge in [0, 0.05) is 46.3 Å². The lowest BCUT2D eigenvalue weighted by Gasteiger charge is -2.36. The summed E-state index contributed by atoms with van der Waals surface area (Å²) in [6.07, 6.45) is 0.960. The Bertz CT molecular complexity index is 649. The van der Waals surface area contributed by atoms with E-state index in [0.717, 1.165) is 37.4 Å². The molecule has 0 saturated carbocycles. The number of ether oxygens (including phenoxy) is 1. The lowest BCUT2D eigenvalue weighted by molar-refractivity contribution is -0.130. The molecule has 1 aromatic carbocycles.